The number of amides is 4. The minimum atomic E-state index is -2.26. The quantitative estimate of drug-likeness (QED) is 0.0291. The molecule has 21 heteroatoms. The summed E-state index contributed by atoms with van der Waals surface area (Å²) in [5, 5.41) is 20.6. The van der Waals surface area contributed by atoms with Crippen molar-refractivity contribution >= 4 is 54.0 Å². The molecule has 1 fully saturated rings. The average molecular weight is 1020 g/mol. The summed E-state index contributed by atoms with van der Waals surface area (Å²) in [6.07, 6.45) is 10.4. The number of carboxylic acids is 1. The van der Waals surface area contributed by atoms with E-state index in [4.69, 9.17) is 33.2 Å². The summed E-state index contributed by atoms with van der Waals surface area (Å²) in [4.78, 5) is 119. The van der Waals surface area contributed by atoms with Gasteiger partial charge in [-0.3, -0.25) is 24.0 Å². The molecule has 0 aromatic rings. The van der Waals surface area contributed by atoms with Gasteiger partial charge in [0.25, 0.3) is 5.91 Å². The van der Waals surface area contributed by atoms with E-state index in [1.807, 2.05) is 0 Å². The van der Waals surface area contributed by atoms with Crippen LogP contribution in [0.1, 0.15) is 184 Å². The van der Waals surface area contributed by atoms with Crippen molar-refractivity contribution in [2.75, 3.05) is 46.1 Å². The number of alkyl carbamates (subject to hydrolysis) is 3. The van der Waals surface area contributed by atoms with Crippen LogP contribution in [0.4, 0.5) is 14.4 Å². The van der Waals surface area contributed by atoms with Crippen LogP contribution in [0.15, 0.2) is 0 Å². The predicted molar refractivity (Wildman–Crippen MR) is 260 cm³/mol. The van der Waals surface area contributed by atoms with E-state index >= 15 is 0 Å². The van der Waals surface area contributed by atoms with Crippen LogP contribution < -0.4 is 21.3 Å². The maximum absolute atomic E-state index is 14.6. The zero-order chi connectivity index (χ0) is 53.5. The van der Waals surface area contributed by atoms with Crippen molar-refractivity contribution in [2.24, 2.45) is 11.3 Å². The molecule has 0 aromatic heterocycles. The molecule has 1 aliphatic heterocycles. The van der Waals surface area contributed by atoms with E-state index in [2.05, 4.69) is 28.2 Å². The van der Waals surface area contributed by atoms with Crippen molar-refractivity contribution in [3.8, 4) is 0 Å². The maximum atomic E-state index is 14.6. The van der Waals surface area contributed by atoms with E-state index in [1.54, 1.807) is 41.5 Å². The number of ether oxygens (including phenoxy) is 7. The van der Waals surface area contributed by atoms with Gasteiger partial charge in [-0.1, -0.05) is 84.0 Å². The van der Waals surface area contributed by atoms with Crippen molar-refractivity contribution in [3.63, 3.8) is 0 Å². The Morgan fingerprint density at radius 1 is 0.690 bits per heavy atom. The molecule has 1 heterocycles. The lowest BCUT2D eigenvalue weighted by Crippen LogP contribution is -2.62. The number of hydrogen-bond donors (Lipinski definition) is 5. The van der Waals surface area contributed by atoms with Gasteiger partial charge in [-0.25, -0.2) is 19.2 Å². The third kappa shape index (κ3) is 29.5. The van der Waals surface area contributed by atoms with Crippen molar-refractivity contribution < 1.29 is 81.4 Å². The Kier molecular flexibility index (Phi) is 29.9. The average Bonchev–Trinajstić information content (AvgIpc) is 3.26. The predicted octanol–water partition coefficient (Wildman–Crippen LogP) is 7.33. The van der Waals surface area contributed by atoms with Gasteiger partial charge in [0, 0.05) is 38.9 Å². The zero-order valence-electron chi connectivity index (χ0n) is 44.0. The summed E-state index contributed by atoms with van der Waals surface area (Å²) in [6.45, 7) is 11.7. The van der Waals surface area contributed by atoms with Gasteiger partial charge in [0.2, 0.25) is 0 Å². The lowest BCUT2D eigenvalue weighted by atomic mass is 9.72. The minimum Gasteiger partial charge on any atom is -0.480 e. The number of hydrogen-bond acceptors (Lipinski definition) is 16. The summed E-state index contributed by atoms with van der Waals surface area (Å²) in [5.74, 6) is -8.94. The number of aliphatic carboxylic acids is 1. The second kappa shape index (κ2) is 33.3. The van der Waals surface area contributed by atoms with Crippen molar-refractivity contribution in [1.29, 1.82) is 0 Å². The summed E-state index contributed by atoms with van der Waals surface area (Å²) in [7, 11) is 0. The fraction of sp³-hybridized carbons (Fsp3) is 0.820. The first-order chi connectivity index (χ1) is 33.3. The number of carbonyl (C=O) groups excluding carboxylic acids is 8. The summed E-state index contributed by atoms with van der Waals surface area (Å²) in [5.41, 5.74) is -5.84. The molecule has 0 radical (unpaired) electrons. The fourth-order valence-corrected chi connectivity index (χ4v) is 7.22. The van der Waals surface area contributed by atoms with Gasteiger partial charge in [-0.15, -0.1) is 0 Å². The number of carbonyl (C=O) groups is 9. The van der Waals surface area contributed by atoms with Crippen molar-refractivity contribution in [3.05, 3.63) is 0 Å². The summed E-state index contributed by atoms with van der Waals surface area (Å²) >= 11 is 0. The van der Waals surface area contributed by atoms with Crippen LogP contribution in [0.2, 0.25) is 0 Å². The minimum absolute atomic E-state index is 0.0103. The standard InChI is InChI=1S/C50H86N4O17/c1-10-11-12-13-14-15-16-17-18-19-20-21-22-32-65-42(60)39-40(41(58)59)54-43(61)49(8,9)71-46(64)53-31-25-28-38(57)68-35-50(39,33-66-36(55)26-23-29-51-44(62)69-47(2,3)4)34-67-37(56)27-24-30-52-45(63)70-48(5,6)7/h39-40H,10-35H2,1-9H3,(H,51,62)(H,52,63)(H,53,64)(H,54,61)(H,58,59). The highest BCUT2D eigenvalue weighted by Crippen LogP contribution is 2.36. The van der Waals surface area contributed by atoms with Gasteiger partial charge in [0.15, 0.2) is 5.60 Å². The molecule has 1 saturated heterocycles. The van der Waals surface area contributed by atoms with Gasteiger partial charge in [-0.05, 0) is 81.1 Å². The van der Waals surface area contributed by atoms with E-state index in [9.17, 15) is 48.3 Å². The van der Waals surface area contributed by atoms with E-state index in [-0.39, 0.29) is 64.8 Å². The smallest absolute Gasteiger partial charge is 0.408 e. The zero-order valence-corrected chi connectivity index (χ0v) is 44.0. The number of unbranched alkanes of at least 4 members (excludes halogenated alkanes) is 12. The Bertz CT molecular complexity index is 1640. The topological polar surface area (TPSA) is 287 Å². The molecule has 5 N–H and O–H groups in total. The first-order valence-electron chi connectivity index (χ1n) is 25.4. The Labute approximate surface area is 420 Å². The third-order valence-electron chi connectivity index (χ3n) is 11.0. The molecular formula is C50H86N4O17. The lowest BCUT2D eigenvalue weighted by molar-refractivity contribution is -0.183. The van der Waals surface area contributed by atoms with Crippen LogP contribution >= 0.6 is 0 Å². The number of esters is 4. The number of carboxylic acid groups (broad SMARTS) is 1. The Morgan fingerprint density at radius 3 is 1.61 bits per heavy atom. The monoisotopic (exact) mass is 1010 g/mol. The highest BCUT2D eigenvalue weighted by Gasteiger charge is 2.55. The molecular weight excluding hydrogens is 929 g/mol. The van der Waals surface area contributed by atoms with Crippen LogP contribution in [0.3, 0.4) is 0 Å². The van der Waals surface area contributed by atoms with E-state index in [0.717, 1.165) is 25.7 Å². The molecule has 4 amide bonds. The number of rotatable bonds is 28. The molecule has 0 saturated carbocycles. The molecule has 2 atom stereocenters. The van der Waals surface area contributed by atoms with Gasteiger partial charge in [0.05, 0.1) is 12.0 Å². The number of cyclic esters (lactones) is 2. The van der Waals surface area contributed by atoms with Crippen LogP contribution in [0.25, 0.3) is 0 Å². The van der Waals surface area contributed by atoms with E-state index in [0.29, 0.717) is 12.8 Å². The normalized spacial score (nSPS) is 17.6. The van der Waals surface area contributed by atoms with Gasteiger partial charge < -0.3 is 59.5 Å². The number of nitrogens with one attached hydrogen (secondary N) is 4. The summed E-state index contributed by atoms with van der Waals surface area (Å²) < 4.78 is 38.6. The van der Waals surface area contributed by atoms with Crippen LogP contribution in [-0.2, 0) is 61.9 Å². The first-order valence-corrected chi connectivity index (χ1v) is 25.4. The molecule has 21 nitrogen and oxygen atoms in total. The summed E-state index contributed by atoms with van der Waals surface area (Å²) in [6, 6.07) is -2.26. The molecule has 0 spiro atoms. The second-order valence-corrected chi connectivity index (χ2v) is 20.5. The SMILES string of the molecule is CCCCCCCCCCCCCCCOC(=O)C1C(C(=O)O)NC(=O)C(C)(C)OC(=O)NCCCC(=O)OCC1(COC(=O)CCCNC(=O)OC(C)(C)C)COC(=O)CCCNC(=O)OC(C)(C)C. The maximum Gasteiger partial charge on any atom is 0.408 e. The molecule has 0 aromatic carbocycles. The molecule has 71 heavy (non-hydrogen) atoms. The molecule has 2 unspecified atom stereocenters. The second-order valence-electron chi connectivity index (χ2n) is 20.5. The lowest BCUT2D eigenvalue weighted by Gasteiger charge is -2.40. The highest BCUT2D eigenvalue weighted by atomic mass is 16.6. The van der Waals surface area contributed by atoms with Gasteiger partial charge in [0.1, 0.15) is 43.0 Å². The highest BCUT2D eigenvalue weighted by molar-refractivity contribution is 5.93. The Balaban J connectivity index is 3.60. The fourth-order valence-electron chi connectivity index (χ4n) is 7.22. The molecule has 0 bridgehead atoms. The molecule has 1 rings (SSSR count). The van der Waals surface area contributed by atoms with Crippen molar-refractivity contribution in [2.45, 2.75) is 207 Å². The van der Waals surface area contributed by atoms with Crippen LogP contribution in [0.5, 0.6) is 0 Å². The third-order valence-corrected chi connectivity index (χ3v) is 11.0. The Hall–Kier alpha value is -5.37. The molecule has 0 aliphatic carbocycles. The molecule has 408 valence electrons. The van der Waals surface area contributed by atoms with Crippen LogP contribution in [0, 0.1) is 11.3 Å². The Morgan fingerprint density at radius 2 is 1.15 bits per heavy atom. The van der Waals surface area contributed by atoms with E-state index in [1.165, 1.54) is 58.8 Å². The van der Waals surface area contributed by atoms with Crippen molar-refractivity contribution in [1.82, 2.24) is 21.3 Å². The van der Waals surface area contributed by atoms with Gasteiger partial charge >= 0.3 is 48.1 Å². The van der Waals surface area contributed by atoms with E-state index < -0.39 is 108 Å². The van der Waals surface area contributed by atoms with Gasteiger partial charge in [-0.2, -0.15) is 0 Å². The largest absolute Gasteiger partial charge is 0.480 e. The first kappa shape index (κ1) is 63.6. The molecule has 1 aliphatic rings. The van der Waals surface area contributed by atoms with Crippen LogP contribution in [-0.4, -0.2) is 128 Å².